The van der Waals surface area contributed by atoms with Gasteiger partial charge in [-0.2, -0.15) is 0 Å². The molecule has 1 heterocycles. The topological polar surface area (TPSA) is 41.8 Å². The summed E-state index contributed by atoms with van der Waals surface area (Å²) < 4.78 is 0. The number of aromatic amines is 1. The van der Waals surface area contributed by atoms with Crippen LogP contribution >= 0.6 is 0 Å². The van der Waals surface area contributed by atoms with Crippen molar-refractivity contribution in [1.29, 1.82) is 0 Å². The normalized spacial score (nSPS) is 13.7. The zero-order valence-corrected chi connectivity index (χ0v) is 8.35. The SMILES string of the molecule is CC1=CC#CCc2[nH]cc(CCN)c21. The van der Waals surface area contributed by atoms with Crippen molar-refractivity contribution in [2.75, 3.05) is 6.54 Å². The van der Waals surface area contributed by atoms with Gasteiger partial charge in [0.2, 0.25) is 0 Å². The molecule has 0 bridgehead atoms. The van der Waals surface area contributed by atoms with E-state index < -0.39 is 0 Å². The highest BCUT2D eigenvalue weighted by Crippen LogP contribution is 2.24. The van der Waals surface area contributed by atoms with Gasteiger partial charge in [-0.15, -0.1) is 0 Å². The number of nitrogens with two attached hydrogens (primary N) is 1. The molecule has 0 atom stereocenters. The van der Waals surface area contributed by atoms with Crippen molar-refractivity contribution in [3.8, 4) is 11.8 Å². The standard InChI is InChI=1S/C12H14N2/c1-9-4-2-3-5-11-12(9)10(6-7-13)8-14-11/h4,8,14H,5-7,13H2,1H3. The second kappa shape index (κ2) is 3.73. The number of H-pyrrole nitrogens is 1. The molecule has 2 rings (SSSR count). The Morgan fingerprint density at radius 1 is 1.57 bits per heavy atom. The van der Waals surface area contributed by atoms with Gasteiger partial charge in [-0.25, -0.2) is 0 Å². The van der Waals surface area contributed by atoms with Gasteiger partial charge in [0.1, 0.15) is 0 Å². The predicted octanol–water partition coefficient (Wildman–Crippen LogP) is 1.48. The van der Waals surface area contributed by atoms with Crippen molar-refractivity contribution in [2.24, 2.45) is 5.73 Å². The van der Waals surface area contributed by atoms with Gasteiger partial charge in [0.15, 0.2) is 0 Å². The van der Waals surface area contributed by atoms with Gasteiger partial charge in [-0.05, 0) is 37.1 Å². The van der Waals surface area contributed by atoms with Gasteiger partial charge >= 0.3 is 0 Å². The molecule has 1 aromatic heterocycles. The molecule has 0 aliphatic heterocycles. The fourth-order valence-corrected chi connectivity index (χ4v) is 1.87. The van der Waals surface area contributed by atoms with Crippen LogP contribution in [0, 0.1) is 11.8 Å². The van der Waals surface area contributed by atoms with Crippen LogP contribution in [0.3, 0.4) is 0 Å². The molecule has 1 aromatic rings. The lowest BCUT2D eigenvalue weighted by Gasteiger charge is -2.03. The molecule has 14 heavy (non-hydrogen) atoms. The second-order valence-electron chi connectivity index (χ2n) is 3.53. The van der Waals surface area contributed by atoms with E-state index in [1.165, 1.54) is 22.4 Å². The molecular formula is C12H14N2. The lowest BCUT2D eigenvalue weighted by molar-refractivity contribution is 0.967. The van der Waals surface area contributed by atoms with E-state index in [9.17, 15) is 0 Å². The minimum atomic E-state index is 0.693. The highest BCUT2D eigenvalue weighted by Gasteiger charge is 2.12. The minimum absolute atomic E-state index is 0.693. The maximum atomic E-state index is 5.57. The van der Waals surface area contributed by atoms with E-state index in [1.807, 2.05) is 6.08 Å². The summed E-state index contributed by atoms with van der Waals surface area (Å²) in [4.78, 5) is 3.28. The van der Waals surface area contributed by atoms with Gasteiger partial charge in [-0.3, -0.25) is 0 Å². The highest BCUT2D eigenvalue weighted by molar-refractivity contribution is 5.72. The number of nitrogens with one attached hydrogen (secondary N) is 1. The molecule has 2 heteroatoms. The first-order valence-electron chi connectivity index (χ1n) is 4.87. The van der Waals surface area contributed by atoms with Crippen molar-refractivity contribution < 1.29 is 0 Å². The number of fused-ring (bicyclic) bond motifs is 1. The molecule has 1 aliphatic rings. The number of aromatic nitrogens is 1. The average molecular weight is 186 g/mol. The van der Waals surface area contributed by atoms with Crippen LogP contribution in [0.25, 0.3) is 5.57 Å². The zero-order valence-electron chi connectivity index (χ0n) is 8.35. The Kier molecular flexibility index (Phi) is 2.43. The van der Waals surface area contributed by atoms with Crippen molar-refractivity contribution >= 4 is 5.57 Å². The van der Waals surface area contributed by atoms with E-state index in [0.717, 1.165) is 12.8 Å². The summed E-state index contributed by atoms with van der Waals surface area (Å²) in [6.07, 6.45) is 5.78. The van der Waals surface area contributed by atoms with E-state index >= 15 is 0 Å². The summed E-state index contributed by atoms with van der Waals surface area (Å²) in [5.74, 6) is 6.14. The summed E-state index contributed by atoms with van der Waals surface area (Å²) in [5.41, 5.74) is 10.7. The lowest BCUT2D eigenvalue weighted by atomic mass is 10.0. The maximum absolute atomic E-state index is 5.57. The van der Waals surface area contributed by atoms with Crippen LogP contribution in [-0.4, -0.2) is 11.5 Å². The molecule has 0 aromatic carbocycles. The van der Waals surface area contributed by atoms with E-state index in [0.29, 0.717) is 6.54 Å². The minimum Gasteiger partial charge on any atom is -0.363 e. The van der Waals surface area contributed by atoms with Crippen molar-refractivity contribution in [3.63, 3.8) is 0 Å². The van der Waals surface area contributed by atoms with E-state index in [-0.39, 0.29) is 0 Å². The molecule has 0 amide bonds. The van der Waals surface area contributed by atoms with Gasteiger partial charge in [0.25, 0.3) is 0 Å². The molecule has 72 valence electrons. The first kappa shape index (κ1) is 9.11. The smallest absolute Gasteiger partial charge is 0.0501 e. The summed E-state index contributed by atoms with van der Waals surface area (Å²) in [5, 5.41) is 0. The molecule has 0 fully saturated rings. The van der Waals surface area contributed by atoms with E-state index in [2.05, 4.69) is 29.9 Å². The molecule has 2 nitrogen and oxygen atoms in total. The molecule has 0 radical (unpaired) electrons. The largest absolute Gasteiger partial charge is 0.363 e. The number of hydrogen-bond acceptors (Lipinski definition) is 1. The third-order valence-corrected chi connectivity index (χ3v) is 2.51. The fourth-order valence-electron chi connectivity index (χ4n) is 1.87. The molecule has 0 saturated heterocycles. The lowest BCUT2D eigenvalue weighted by Crippen LogP contribution is -2.03. The summed E-state index contributed by atoms with van der Waals surface area (Å²) in [6.45, 7) is 2.80. The Balaban J connectivity index is 2.46. The molecule has 0 unspecified atom stereocenters. The Hall–Kier alpha value is -1.46. The average Bonchev–Trinajstić information content (AvgIpc) is 2.47. The number of rotatable bonds is 2. The Morgan fingerprint density at radius 3 is 3.21 bits per heavy atom. The number of hydrogen-bond donors (Lipinski definition) is 2. The predicted molar refractivity (Wildman–Crippen MR) is 58.7 cm³/mol. The first-order valence-corrected chi connectivity index (χ1v) is 4.87. The van der Waals surface area contributed by atoms with E-state index in [1.54, 1.807) is 0 Å². The third kappa shape index (κ3) is 1.47. The van der Waals surface area contributed by atoms with Crippen LogP contribution in [-0.2, 0) is 12.8 Å². The highest BCUT2D eigenvalue weighted by atomic mass is 14.7. The monoisotopic (exact) mass is 186 g/mol. The van der Waals surface area contributed by atoms with Crippen molar-refractivity contribution in [2.45, 2.75) is 19.8 Å². The Morgan fingerprint density at radius 2 is 2.43 bits per heavy atom. The molecule has 0 spiro atoms. The van der Waals surface area contributed by atoms with Gasteiger partial charge < -0.3 is 10.7 Å². The van der Waals surface area contributed by atoms with Gasteiger partial charge in [0, 0.05) is 17.5 Å². The molecule has 0 saturated carbocycles. The zero-order chi connectivity index (χ0) is 9.97. The van der Waals surface area contributed by atoms with Crippen LogP contribution in [0.5, 0.6) is 0 Å². The first-order chi connectivity index (χ1) is 6.83. The van der Waals surface area contributed by atoms with E-state index in [4.69, 9.17) is 5.73 Å². The van der Waals surface area contributed by atoms with Gasteiger partial charge in [0.05, 0.1) is 6.42 Å². The van der Waals surface area contributed by atoms with Gasteiger partial charge in [-0.1, -0.05) is 11.8 Å². The summed E-state index contributed by atoms with van der Waals surface area (Å²) in [6, 6.07) is 0. The van der Waals surface area contributed by atoms with Crippen molar-refractivity contribution in [3.05, 3.63) is 29.1 Å². The second-order valence-corrected chi connectivity index (χ2v) is 3.53. The Bertz CT molecular complexity index is 427. The van der Waals surface area contributed by atoms with Crippen LogP contribution in [0.2, 0.25) is 0 Å². The third-order valence-electron chi connectivity index (χ3n) is 2.51. The molecule has 1 aliphatic carbocycles. The van der Waals surface area contributed by atoms with Crippen LogP contribution in [0.1, 0.15) is 23.7 Å². The summed E-state index contributed by atoms with van der Waals surface area (Å²) in [7, 11) is 0. The fraction of sp³-hybridized carbons (Fsp3) is 0.333. The molecular weight excluding hydrogens is 172 g/mol. The number of allylic oxidation sites excluding steroid dienone is 2. The van der Waals surface area contributed by atoms with Crippen molar-refractivity contribution in [1.82, 2.24) is 4.98 Å². The van der Waals surface area contributed by atoms with Crippen LogP contribution < -0.4 is 5.73 Å². The summed E-state index contributed by atoms with van der Waals surface area (Å²) >= 11 is 0. The Labute approximate surface area is 84.2 Å². The maximum Gasteiger partial charge on any atom is 0.0501 e. The van der Waals surface area contributed by atoms with Crippen LogP contribution in [0.15, 0.2) is 12.3 Å². The quantitative estimate of drug-likeness (QED) is 0.675. The van der Waals surface area contributed by atoms with Crippen LogP contribution in [0.4, 0.5) is 0 Å². The molecule has 3 N–H and O–H groups in total.